The van der Waals surface area contributed by atoms with Gasteiger partial charge in [-0.1, -0.05) is 23.2 Å². The summed E-state index contributed by atoms with van der Waals surface area (Å²) >= 11 is 11.9. The maximum absolute atomic E-state index is 12.4. The maximum atomic E-state index is 12.4. The molecule has 2 aromatic rings. The van der Waals surface area contributed by atoms with Crippen molar-refractivity contribution >= 4 is 40.5 Å². The van der Waals surface area contributed by atoms with Gasteiger partial charge in [0.15, 0.2) is 0 Å². The van der Waals surface area contributed by atoms with Crippen LogP contribution in [0.2, 0.25) is 10.0 Å². The van der Waals surface area contributed by atoms with Crippen LogP contribution in [0.1, 0.15) is 23.2 Å². The Morgan fingerprint density at radius 3 is 2.27 bits per heavy atom. The van der Waals surface area contributed by atoms with Gasteiger partial charge in [0.2, 0.25) is 0 Å². The van der Waals surface area contributed by atoms with Gasteiger partial charge in [0.1, 0.15) is 0 Å². The van der Waals surface area contributed by atoms with Gasteiger partial charge in [-0.3, -0.25) is 4.79 Å². The molecule has 2 aromatic carbocycles. The zero-order valence-corrected chi connectivity index (χ0v) is 13.5. The van der Waals surface area contributed by atoms with Crippen molar-refractivity contribution in [2.75, 3.05) is 23.3 Å². The molecule has 3 rings (SSSR count). The van der Waals surface area contributed by atoms with E-state index < -0.39 is 0 Å². The lowest BCUT2D eigenvalue weighted by atomic mass is 10.2. The molecule has 0 saturated carbocycles. The minimum atomic E-state index is -0.167. The Balaban J connectivity index is 1.85. The van der Waals surface area contributed by atoms with Crippen molar-refractivity contribution in [2.24, 2.45) is 0 Å². The minimum Gasteiger partial charge on any atom is -0.370 e. The third-order valence-corrected chi connectivity index (χ3v) is 4.25. The molecule has 3 nitrogen and oxygen atoms in total. The predicted octanol–water partition coefficient (Wildman–Crippen LogP) is 4.85. The van der Waals surface area contributed by atoms with Gasteiger partial charge < -0.3 is 10.2 Å². The molecule has 5 heteroatoms. The SMILES string of the molecule is O=C(Nc1cc(Cl)ccc1N1CCCC1)c1ccc(Cl)cc1. The molecule has 0 unspecified atom stereocenters. The largest absolute Gasteiger partial charge is 0.370 e. The van der Waals surface area contributed by atoms with Crippen LogP contribution in [-0.4, -0.2) is 19.0 Å². The zero-order chi connectivity index (χ0) is 15.5. The Morgan fingerprint density at radius 1 is 0.955 bits per heavy atom. The van der Waals surface area contributed by atoms with Gasteiger partial charge in [-0.15, -0.1) is 0 Å². The molecule has 22 heavy (non-hydrogen) atoms. The van der Waals surface area contributed by atoms with E-state index >= 15 is 0 Å². The number of rotatable bonds is 3. The van der Waals surface area contributed by atoms with E-state index in [4.69, 9.17) is 23.2 Å². The van der Waals surface area contributed by atoms with E-state index in [0.29, 0.717) is 15.6 Å². The van der Waals surface area contributed by atoms with Crippen molar-refractivity contribution in [1.82, 2.24) is 0 Å². The van der Waals surface area contributed by atoms with Crippen LogP contribution in [0, 0.1) is 0 Å². The second kappa shape index (κ2) is 6.59. The Hall–Kier alpha value is -1.71. The molecule has 0 aromatic heterocycles. The molecule has 0 aliphatic carbocycles. The standard InChI is InChI=1S/C17H16Cl2N2O/c18-13-5-3-12(4-6-13)17(22)20-15-11-14(19)7-8-16(15)21-9-1-2-10-21/h3-8,11H,1-2,9-10H2,(H,20,22). The van der Waals surface area contributed by atoms with Crippen molar-refractivity contribution in [1.29, 1.82) is 0 Å². The molecule has 1 aliphatic heterocycles. The van der Waals surface area contributed by atoms with Crippen molar-refractivity contribution < 1.29 is 4.79 Å². The molecule has 1 saturated heterocycles. The van der Waals surface area contributed by atoms with Crippen LogP contribution in [0.15, 0.2) is 42.5 Å². The topological polar surface area (TPSA) is 32.3 Å². The summed E-state index contributed by atoms with van der Waals surface area (Å²) in [6.45, 7) is 2.01. The molecular formula is C17H16Cl2N2O. The number of carbonyl (C=O) groups is 1. The molecule has 1 N–H and O–H groups in total. The van der Waals surface area contributed by atoms with Crippen molar-refractivity contribution in [3.05, 3.63) is 58.1 Å². The Kier molecular flexibility index (Phi) is 4.55. The Morgan fingerprint density at radius 2 is 1.59 bits per heavy atom. The third kappa shape index (κ3) is 3.37. The summed E-state index contributed by atoms with van der Waals surface area (Å²) in [6.07, 6.45) is 2.35. The van der Waals surface area contributed by atoms with Gasteiger partial charge in [-0.25, -0.2) is 0 Å². The van der Waals surface area contributed by atoms with E-state index in [0.717, 1.165) is 24.5 Å². The molecule has 0 radical (unpaired) electrons. The van der Waals surface area contributed by atoms with Gasteiger partial charge in [0.05, 0.1) is 11.4 Å². The van der Waals surface area contributed by atoms with Crippen molar-refractivity contribution in [3.63, 3.8) is 0 Å². The number of nitrogens with one attached hydrogen (secondary N) is 1. The highest BCUT2D eigenvalue weighted by Gasteiger charge is 2.17. The van der Waals surface area contributed by atoms with Gasteiger partial charge in [0.25, 0.3) is 5.91 Å². The van der Waals surface area contributed by atoms with E-state index in [9.17, 15) is 4.79 Å². The summed E-state index contributed by atoms with van der Waals surface area (Å²) in [4.78, 5) is 14.7. The quantitative estimate of drug-likeness (QED) is 0.870. The fraction of sp³-hybridized carbons (Fsp3) is 0.235. The first-order chi connectivity index (χ1) is 10.6. The molecule has 1 amide bonds. The lowest BCUT2D eigenvalue weighted by Gasteiger charge is -2.22. The number of amides is 1. The molecule has 0 atom stereocenters. The van der Waals surface area contributed by atoms with Crippen molar-refractivity contribution in [2.45, 2.75) is 12.8 Å². The molecule has 0 spiro atoms. The van der Waals surface area contributed by atoms with Gasteiger partial charge >= 0.3 is 0 Å². The molecule has 1 fully saturated rings. The summed E-state index contributed by atoms with van der Waals surface area (Å²) in [5.74, 6) is -0.167. The lowest BCUT2D eigenvalue weighted by molar-refractivity contribution is 0.102. The van der Waals surface area contributed by atoms with E-state index in [1.165, 1.54) is 12.8 Å². The minimum absolute atomic E-state index is 0.167. The molecular weight excluding hydrogens is 319 g/mol. The highest BCUT2D eigenvalue weighted by molar-refractivity contribution is 6.31. The summed E-state index contributed by atoms with van der Waals surface area (Å²) < 4.78 is 0. The number of carbonyl (C=O) groups excluding carboxylic acids is 1. The summed E-state index contributed by atoms with van der Waals surface area (Å²) in [5.41, 5.74) is 2.33. The van der Waals surface area contributed by atoms with E-state index in [1.54, 1.807) is 30.3 Å². The fourth-order valence-corrected chi connectivity index (χ4v) is 2.94. The normalized spacial score (nSPS) is 14.2. The Bertz CT molecular complexity index is 680. The molecule has 0 bridgehead atoms. The molecule has 1 heterocycles. The smallest absolute Gasteiger partial charge is 0.255 e. The first kappa shape index (κ1) is 15.2. The average Bonchev–Trinajstić information content (AvgIpc) is 3.02. The van der Waals surface area contributed by atoms with Gasteiger partial charge in [0, 0.05) is 28.7 Å². The fourth-order valence-electron chi connectivity index (χ4n) is 2.64. The summed E-state index contributed by atoms with van der Waals surface area (Å²) in [7, 11) is 0. The van der Waals surface area contributed by atoms with E-state index in [-0.39, 0.29) is 5.91 Å². The van der Waals surface area contributed by atoms with Crippen LogP contribution in [0.3, 0.4) is 0 Å². The summed E-state index contributed by atoms with van der Waals surface area (Å²) in [6, 6.07) is 12.4. The van der Waals surface area contributed by atoms with Crippen LogP contribution < -0.4 is 10.2 Å². The number of hydrogen-bond acceptors (Lipinski definition) is 2. The average molecular weight is 335 g/mol. The number of benzene rings is 2. The highest BCUT2D eigenvalue weighted by Crippen LogP contribution is 2.31. The number of halogens is 2. The summed E-state index contributed by atoms with van der Waals surface area (Å²) in [5, 5.41) is 4.17. The number of hydrogen-bond donors (Lipinski definition) is 1. The van der Waals surface area contributed by atoms with E-state index in [2.05, 4.69) is 10.2 Å². The maximum Gasteiger partial charge on any atom is 0.255 e. The van der Waals surface area contributed by atoms with Crippen LogP contribution in [-0.2, 0) is 0 Å². The highest BCUT2D eigenvalue weighted by atomic mass is 35.5. The zero-order valence-electron chi connectivity index (χ0n) is 12.0. The monoisotopic (exact) mass is 334 g/mol. The predicted molar refractivity (Wildman–Crippen MR) is 92.3 cm³/mol. The van der Waals surface area contributed by atoms with Crippen LogP contribution in [0.4, 0.5) is 11.4 Å². The second-order valence-corrected chi connectivity index (χ2v) is 6.19. The first-order valence-electron chi connectivity index (χ1n) is 7.25. The van der Waals surface area contributed by atoms with Gasteiger partial charge in [-0.2, -0.15) is 0 Å². The number of anilines is 2. The first-order valence-corrected chi connectivity index (χ1v) is 8.00. The van der Waals surface area contributed by atoms with Crippen LogP contribution in [0.25, 0.3) is 0 Å². The second-order valence-electron chi connectivity index (χ2n) is 5.32. The van der Waals surface area contributed by atoms with Crippen LogP contribution >= 0.6 is 23.2 Å². The van der Waals surface area contributed by atoms with Crippen molar-refractivity contribution in [3.8, 4) is 0 Å². The molecule has 114 valence electrons. The number of nitrogens with zero attached hydrogens (tertiary/aromatic N) is 1. The van der Waals surface area contributed by atoms with Gasteiger partial charge in [-0.05, 0) is 55.3 Å². The Labute approximate surface area is 139 Å². The third-order valence-electron chi connectivity index (χ3n) is 3.76. The molecule has 1 aliphatic rings. The lowest BCUT2D eigenvalue weighted by Crippen LogP contribution is -2.21. The van der Waals surface area contributed by atoms with E-state index in [1.807, 2.05) is 12.1 Å². The van der Waals surface area contributed by atoms with Crippen LogP contribution in [0.5, 0.6) is 0 Å².